The van der Waals surface area contributed by atoms with Gasteiger partial charge in [0.2, 0.25) is 0 Å². The first-order valence-electron chi connectivity index (χ1n) is 7.88. The molecule has 0 aliphatic carbocycles. The predicted octanol–water partition coefficient (Wildman–Crippen LogP) is 3.38. The van der Waals surface area contributed by atoms with E-state index in [1.165, 1.54) is 18.7 Å². The normalized spacial score (nSPS) is 10.2. The first-order chi connectivity index (χ1) is 12.0. The van der Waals surface area contributed by atoms with Crippen molar-refractivity contribution in [3.63, 3.8) is 0 Å². The summed E-state index contributed by atoms with van der Waals surface area (Å²) in [5.41, 5.74) is 2.39. The fourth-order valence-corrected chi connectivity index (χ4v) is 2.37. The van der Waals surface area contributed by atoms with Gasteiger partial charge in [0.15, 0.2) is 6.61 Å². The Morgan fingerprint density at radius 1 is 1.08 bits per heavy atom. The van der Waals surface area contributed by atoms with Crippen LogP contribution in [-0.2, 0) is 22.5 Å². The van der Waals surface area contributed by atoms with E-state index in [-0.39, 0.29) is 18.1 Å². The molecule has 1 N–H and O–H groups in total. The lowest BCUT2D eigenvalue weighted by Gasteiger charge is -2.10. The summed E-state index contributed by atoms with van der Waals surface area (Å²) in [6.07, 6.45) is 0.968. The van der Waals surface area contributed by atoms with E-state index in [0.717, 1.165) is 12.0 Å². The second kappa shape index (κ2) is 9.08. The van der Waals surface area contributed by atoms with Crippen LogP contribution in [0.3, 0.4) is 0 Å². The van der Waals surface area contributed by atoms with E-state index in [1.807, 2.05) is 24.3 Å². The molecule has 0 spiro atoms. The topological polar surface area (TPSA) is 64.6 Å². The largest absolute Gasteiger partial charge is 0.496 e. The predicted molar refractivity (Wildman–Crippen MR) is 96.0 cm³/mol. The molecule has 0 saturated carbocycles. The molecule has 6 heteroatoms. The number of esters is 1. The molecule has 0 heterocycles. The van der Waals surface area contributed by atoms with E-state index >= 15 is 0 Å². The maximum Gasteiger partial charge on any atom is 0.342 e. The summed E-state index contributed by atoms with van der Waals surface area (Å²) >= 11 is 5.88. The fourth-order valence-electron chi connectivity index (χ4n) is 2.19. The Bertz CT molecular complexity index is 744. The van der Waals surface area contributed by atoms with Crippen LogP contribution in [-0.4, -0.2) is 25.6 Å². The number of hydrogen-bond donors (Lipinski definition) is 1. The van der Waals surface area contributed by atoms with Crippen molar-refractivity contribution in [1.29, 1.82) is 0 Å². The molecule has 2 aromatic carbocycles. The van der Waals surface area contributed by atoms with Crippen molar-refractivity contribution in [2.45, 2.75) is 19.9 Å². The van der Waals surface area contributed by atoms with Crippen LogP contribution in [0.4, 0.5) is 0 Å². The molecule has 0 radical (unpaired) electrons. The number of ether oxygens (including phenoxy) is 2. The molecule has 132 valence electrons. The number of carbonyl (C=O) groups is 2. The van der Waals surface area contributed by atoms with Crippen molar-refractivity contribution in [2.24, 2.45) is 0 Å². The Balaban J connectivity index is 1.85. The van der Waals surface area contributed by atoms with Gasteiger partial charge in [0.25, 0.3) is 5.91 Å². The maximum absolute atomic E-state index is 12.1. The molecular formula is C19H20ClNO4. The molecule has 25 heavy (non-hydrogen) atoms. The number of methoxy groups -OCH3 is 1. The number of rotatable bonds is 7. The molecule has 0 saturated heterocycles. The van der Waals surface area contributed by atoms with Gasteiger partial charge >= 0.3 is 5.97 Å². The van der Waals surface area contributed by atoms with E-state index in [4.69, 9.17) is 21.1 Å². The van der Waals surface area contributed by atoms with Gasteiger partial charge in [-0.2, -0.15) is 0 Å². The van der Waals surface area contributed by atoms with Crippen molar-refractivity contribution in [1.82, 2.24) is 5.32 Å². The van der Waals surface area contributed by atoms with Gasteiger partial charge in [-0.05, 0) is 35.7 Å². The number of hydrogen-bond acceptors (Lipinski definition) is 4. The van der Waals surface area contributed by atoms with Crippen LogP contribution in [0.1, 0.15) is 28.4 Å². The van der Waals surface area contributed by atoms with Gasteiger partial charge in [0.1, 0.15) is 11.3 Å². The van der Waals surface area contributed by atoms with Gasteiger partial charge in [-0.3, -0.25) is 4.79 Å². The van der Waals surface area contributed by atoms with Gasteiger partial charge in [0, 0.05) is 11.6 Å². The monoisotopic (exact) mass is 361 g/mol. The molecule has 0 atom stereocenters. The summed E-state index contributed by atoms with van der Waals surface area (Å²) in [6, 6.07) is 12.6. The zero-order valence-corrected chi connectivity index (χ0v) is 14.9. The SMILES string of the molecule is CCc1ccc(CNC(=O)COC(=O)c2cc(Cl)ccc2OC)cc1. The number of carbonyl (C=O) groups excluding carboxylic acids is 2. The number of halogens is 1. The summed E-state index contributed by atoms with van der Waals surface area (Å²) in [5.74, 6) is -0.707. The van der Waals surface area contributed by atoms with E-state index in [9.17, 15) is 9.59 Å². The van der Waals surface area contributed by atoms with Crippen LogP contribution in [0.5, 0.6) is 5.75 Å². The van der Waals surface area contributed by atoms with E-state index < -0.39 is 5.97 Å². The van der Waals surface area contributed by atoms with E-state index in [0.29, 0.717) is 17.3 Å². The second-order valence-corrected chi connectivity index (χ2v) is 5.80. The summed E-state index contributed by atoms with van der Waals surface area (Å²) in [4.78, 5) is 23.9. The highest BCUT2D eigenvalue weighted by molar-refractivity contribution is 6.31. The van der Waals surface area contributed by atoms with Gasteiger partial charge in [0.05, 0.1) is 7.11 Å². The van der Waals surface area contributed by atoms with Gasteiger partial charge in [-0.1, -0.05) is 42.8 Å². The van der Waals surface area contributed by atoms with Crippen LogP contribution in [0, 0.1) is 0 Å². The highest BCUT2D eigenvalue weighted by atomic mass is 35.5. The Hall–Kier alpha value is -2.53. The van der Waals surface area contributed by atoms with Crippen LogP contribution in [0.15, 0.2) is 42.5 Å². The number of benzene rings is 2. The van der Waals surface area contributed by atoms with Crippen LogP contribution in [0.25, 0.3) is 0 Å². The summed E-state index contributed by atoms with van der Waals surface area (Å²) in [6.45, 7) is 2.09. The lowest BCUT2D eigenvalue weighted by atomic mass is 10.1. The Kier molecular flexibility index (Phi) is 6.83. The molecule has 0 bridgehead atoms. The lowest BCUT2D eigenvalue weighted by Crippen LogP contribution is -2.28. The average molecular weight is 362 g/mol. The molecular weight excluding hydrogens is 342 g/mol. The van der Waals surface area contributed by atoms with Crippen LogP contribution >= 0.6 is 11.6 Å². The highest BCUT2D eigenvalue weighted by Crippen LogP contribution is 2.23. The maximum atomic E-state index is 12.1. The minimum atomic E-state index is -0.665. The molecule has 0 unspecified atom stereocenters. The fraction of sp³-hybridized carbons (Fsp3) is 0.263. The number of nitrogens with one attached hydrogen (secondary N) is 1. The van der Waals surface area contributed by atoms with Crippen molar-refractivity contribution < 1.29 is 19.1 Å². The van der Waals surface area contributed by atoms with E-state index in [2.05, 4.69) is 12.2 Å². The van der Waals surface area contributed by atoms with Gasteiger partial charge in [-0.15, -0.1) is 0 Å². The summed E-state index contributed by atoms with van der Waals surface area (Å²) in [7, 11) is 1.44. The zero-order valence-electron chi connectivity index (χ0n) is 14.2. The van der Waals surface area contributed by atoms with Crippen LogP contribution in [0.2, 0.25) is 5.02 Å². The lowest BCUT2D eigenvalue weighted by molar-refractivity contribution is -0.124. The van der Waals surface area contributed by atoms with Crippen molar-refractivity contribution >= 4 is 23.5 Å². The Morgan fingerprint density at radius 2 is 1.76 bits per heavy atom. The molecule has 0 aliphatic rings. The number of amides is 1. The molecule has 0 fully saturated rings. The second-order valence-electron chi connectivity index (χ2n) is 5.37. The highest BCUT2D eigenvalue weighted by Gasteiger charge is 2.16. The quantitative estimate of drug-likeness (QED) is 0.768. The zero-order chi connectivity index (χ0) is 18.2. The first kappa shape index (κ1) is 18.8. The minimum absolute atomic E-state index is 0.179. The third-order valence-corrected chi connectivity index (χ3v) is 3.87. The summed E-state index contributed by atoms with van der Waals surface area (Å²) < 4.78 is 10.1. The molecule has 5 nitrogen and oxygen atoms in total. The molecule has 0 aromatic heterocycles. The summed E-state index contributed by atoms with van der Waals surface area (Å²) in [5, 5.41) is 3.09. The molecule has 2 rings (SSSR count). The molecule has 1 amide bonds. The van der Waals surface area contributed by atoms with Gasteiger partial charge in [-0.25, -0.2) is 4.79 Å². The Morgan fingerprint density at radius 3 is 2.40 bits per heavy atom. The Labute approximate surface area is 151 Å². The molecule has 0 aliphatic heterocycles. The standard InChI is InChI=1S/C19H20ClNO4/c1-3-13-4-6-14(7-5-13)11-21-18(22)12-25-19(23)16-10-15(20)8-9-17(16)24-2/h4-10H,3,11-12H2,1-2H3,(H,21,22). The van der Waals surface area contributed by atoms with Gasteiger partial charge < -0.3 is 14.8 Å². The third kappa shape index (κ3) is 5.50. The smallest absolute Gasteiger partial charge is 0.342 e. The third-order valence-electron chi connectivity index (χ3n) is 3.64. The molecule has 2 aromatic rings. The van der Waals surface area contributed by atoms with Crippen LogP contribution < -0.4 is 10.1 Å². The van der Waals surface area contributed by atoms with Crippen molar-refractivity contribution in [2.75, 3.05) is 13.7 Å². The van der Waals surface area contributed by atoms with Crippen molar-refractivity contribution in [3.05, 3.63) is 64.2 Å². The van der Waals surface area contributed by atoms with Crippen molar-refractivity contribution in [3.8, 4) is 5.75 Å². The first-order valence-corrected chi connectivity index (χ1v) is 8.26. The van der Waals surface area contributed by atoms with E-state index in [1.54, 1.807) is 12.1 Å². The number of aryl methyl sites for hydroxylation is 1. The minimum Gasteiger partial charge on any atom is -0.496 e. The average Bonchev–Trinajstić information content (AvgIpc) is 2.64.